The number of fused-ring (bicyclic) bond motifs is 1. The molecule has 0 amide bonds. The fourth-order valence-corrected chi connectivity index (χ4v) is 3.66. The molecule has 0 fully saturated rings. The summed E-state index contributed by atoms with van der Waals surface area (Å²) in [6.45, 7) is 1.98. The summed E-state index contributed by atoms with van der Waals surface area (Å²) in [5.41, 5.74) is 0.810. The van der Waals surface area contributed by atoms with E-state index < -0.39 is 10.0 Å². The van der Waals surface area contributed by atoms with Crippen LogP contribution >= 0.6 is 15.9 Å². The predicted molar refractivity (Wildman–Crippen MR) is 85.4 cm³/mol. The first kappa shape index (κ1) is 15.3. The van der Waals surface area contributed by atoms with Crippen molar-refractivity contribution in [2.75, 3.05) is 6.79 Å². The zero-order valence-corrected chi connectivity index (χ0v) is 14.1. The number of sulfonamides is 1. The Morgan fingerprint density at radius 3 is 2.50 bits per heavy atom. The van der Waals surface area contributed by atoms with E-state index >= 15 is 0 Å². The van der Waals surface area contributed by atoms with Gasteiger partial charge in [0.1, 0.15) is 0 Å². The summed E-state index contributed by atoms with van der Waals surface area (Å²) in [7, 11) is -3.58. The van der Waals surface area contributed by atoms with Crippen molar-refractivity contribution in [2.24, 2.45) is 0 Å². The van der Waals surface area contributed by atoms with Gasteiger partial charge in [-0.25, -0.2) is 13.1 Å². The van der Waals surface area contributed by atoms with Gasteiger partial charge in [0.2, 0.25) is 16.8 Å². The smallest absolute Gasteiger partial charge is 0.241 e. The predicted octanol–water partition coefficient (Wildman–Crippen LogP) is 3.22. The van der Waals surface area contributed by atoms with E-state index in [0.717, 1.165) is 10.0 Å². The summed E-state index contributed by atoms with van der Waals surface area (Å²) in [6.07, 6.45) is 0. The summed E-state index contributed by atoms with van der Waals surface area (Å²) < 4.78 is 38.8. The second kappa shape index (κ2) is 5.91. The van der Waals surface area contributed by atoms with Crippen molar-refractivity contribution in [1.82, 2.24) is 4.72 Å². The van der Waals surface area contributed by atoms with Crippen molar-refractivity contribution in [1.29, 1.82) is 0 Å². The molecule has 0 saturated carbocycles. The van der Waals surface area contributed by atoms with Crippen LogP contribution in [0.2, 0.25) is 0 Å². The van der Waals surface area contributed by atoms with Gasteiger partial charge in [0.15, 0.2) is 11.5 Å². The van der Waals surface area contributed by atoms with Gasteiger partial charge in [-0.3, -0.25) is 0 Å². The lowest BCUT2D eigenvalue weighted by molar-refractivity contribution is 0.174. The Morgan fingerprint density at radius 1 is 1.09 bits per heavy atom. The maximum Gasteiger partial charge on any atom is 0.241 e. The van der Waals surface area contributed by atoms with Crippen molar-refractivity contribution in [3.8, 4) is 11.5 Å². The summed E-state index contributed by atoms with van der Waals surface area (Å²) in [5.74, 6) is 1.30. The molecule has 1 unspecified atom stereocenters. The molecule has 1 atom stereocenters. The first-order chi connectivity index (χ1) is 10.5. The van der Waals surface area contributed by atoms with Crippen LogP contribution in [-0.4, -0.2) is 15.2 Å². The summed E-state index contributed by atoms with van der Waals surface area (Å²) in [5, 5.41) is 0. The number of halogens is 1. The van der Waals surface area contributed by atoms with Crippen molar-refractivity contribution in [3.63, 3.8) is 0 Å². The van der Waals surface area contributed by atoms with E-state index in [1.165, 1.54) is 0 Å². The second-order valence-electron chi connectivity index (χ2n) is 4.91. The van der Waals surface area contributed by atoms with Gasteiger partial charge >= 0.3 is 0 Å². The number of hydrogen-bond acceptors (Lipinski definition) is 4. The zero-order valence-electron chi connectivity index (χ0n) is 11.7. The molecule has 2 aromatic carbocycles. The van der Waals surface area contributed by atoms with Crippen LogP contribution < -0.4 is 14.2 Å². The number of nitrogens with one attached hydrogen (secondary N) is 1. The minimum atomic E-state index is -3.58. The largest absolute Gasteiger partial charge is 0.454 e. The standard InChI is InChI=1S/C15H14BrNO4S/c1-10(11-2-7-14-15(8-11)21-9-20-14)17-22(18,19)13-5-3-12(16)4-6-13/h2-8,10,17H,9H2,1H3. The van der Waals surface area contributed by atoms with Crippen molar-refractivity contribution >= 4 is 26.0 Å². The molecule has 22 heavy (non-hydrogen) atoms. The number of ether oxygens (including phenoxy) is 2. The van der Waals surface area contributed by atoms with E-state index in [-0.39, 0.29) is 17.7 Å². The van der Waals surface area contributed by atoms with Crippen molar-refractivity contribution in [2.45, 2.75) is 17.9 Å². The maximum absolute atomic E-state index is 12.4. The Balaban J connectivity index is 1.81. The molecule has 2 aromatic rings. The van der Waals surface area contributed by atoms with Gasteiger partial charge in [0.05, 0.1) is 4.90 Å². The number of hydrogen-bond donors (Lipinski definition) is 1. The Morgan fingerprint density at radius 2 is 1.77 bits per heavy atom. The molecule has 0 bridgehead atoms. The molecule has 1 heterocycles. The van der Waals surface area contributed by atoms with E-state index in [1.54, 1.807) is 43.3 Å². The van der Waals surface area contributed by atoms with E-state index in [0.29, 0.717) is 11.5 Å². The molecule has 116 valence electrons. The van der Waals surface area contributed by atoms with Gasteiger partial charge in [-0.2, -0.15) is 0 Å². The van der Waals surface area contributed by atoms with Crippen molar-refractivity contribution < 1.29 is 17.9 Å². The Bertz CT molecular complexity index is 790. The highest BCUT2D eigenvalue weighted by Crippen LogP contribution is 2.34. The van der Waals surface area contributed by atoms with Gasteiger partial charge in [0.25, 0.3) is 0 Å². The Hall–Kier alpha value is -1.57. The maximum atomic E-state index is 12.4. The SMILES string of the molecule is CC(NS(=O)(=O)c1ccc(Br)cc1)c1ccc2c(c1)OCO2. The summed E-state index contributed by atoms with van der Waals surface area (Å²) in [6, 6.07) is 11.5. The lowest BCUT2D eigenvalue weighted by Crippen LogP contribution is -2.26. The Labute approximate surface area is 137 Å². The van der Waals surface area contributed by atoms with Gasteiger partial charge in [-0.05, 0) is 48.9 Å². The normalized spacial score (nSPS) is 14.8. The van der Waals surface area contributed by atoms with E-state index in [2.05, 4.69) is 20.7 Å². The first-order valence-corrected chi connectivity index (χ1v) is 8.91. The van der Waals surface area contributed by atoms with Crippen LogP contribution in [0.4, 0.5) is 0 Å². The highest BCUT2D eigenvalue weighted by Gasteiger charge is 2.20. The quantitative estimate of drug-likeness (QED) is 0.879. The number of rotatable bonds is 4. The molecule has 0 aliphatic carbocycles. The molecule has 3 rings (SSSR count). The van der Waals surface area contributed by atoms with Crippen LogP contribution in [0.3, 0.4) is 0 Å². The molecule has 1 aliphatic heterocycles. The lowest BCUT2D eigenvalue weighted by Gasteiger charge is -2.15. The third-order valence-corrected chi connectivity index (χ3v) is 5.44. The molecular formula is C15H14BrNO4S. The monoisotopic (exact) mass is 383 g/mol. The molecule has 0 radical (unpaired) electrons. The minimum absolute atomic E-state index is 0.192. The average Bonchev–Trinajstić information content (AvgIpc) is 2.94. The van der Waals surface area contributed by atoms with Crippen LogP contribution in [-0.2, 0) is 10.0 Å². The zero-order chi connectivity index (χ0) is 15.7. The van der Waals surface area contributed by atoms with Crippen LogP contribution in [0.1, 0.15) is 18.5 Å². The van der Waals surface area contributed by atoms with Gasteiger partial charge < -0.3 is 9.47 Å². The van der Waals surface area contributed by atoms with E-state index in [9.17, 15) is 8.42 Å². The average molecular weight is 384 g/mol. The van der Waals surface area contributed by atoms with E-state index in [4.69, 9.17) is 9.47 Å². The van der Waals surface area contributed by atoms with Crippen molar-refractivity contribution in [3.05, 3.63) is 52.5 Å². The fourth-order valence-electron chi connectivity index (χ4n) is 2.17. The summed E-state index contributed by atoms with van der Waals surface area (Å²) in [4.78, 5) is 0.225. The van der Waals surface area contributed by atoms with Crippen LogP contribution in [0.25, 0.3) is 0 Å². The third-order valence-electron chi connectivity index (χ3n) is 3.35. The minimum Gasteiger partial charge on any atom is -0.454 e. The second-order valence-corrected chi connectivity index (χ2v) is 7.54. The molecule has 7 heteroatoms. The molecular weight excluding hydrogens is 370 g/mol. The Kier molecular flexibility index (Phi) is 4.12. The molecule has 0 saturated heterocycles. The molecule has 0 spiro atoms. The lowest BCUT2D eigenvalue weighted by atomic mass is 10.1. The first-order valence-electron chi connectivity index (χ1n) is 6.63. The molecule has 1 N–H and O–H groups in total. The fraction of sp³-hybridized carbons (Fsp3) is 0.200. The van der Waals surface area contributed by atoms with Gasteiger partial charge in [-0.15, -0.1) is 0 Å². The molecule has 1 aliphatic rings. The van der Waals surface area contributed by atoms with Gasteiger partial charge in [-0.1, -0.05) is 22.0 Å². The topological polar surface area (TPSA) is 64.6 Å². The molecule has 5 nitrogen and oxygen atoms in total. The van der Waals surface area contributed by atoms with E-state index in [1.807, 2.05) is 6.07 Å². The molecule has 0 aromatic heterocycles. The van der Waals surface area contributed by atoms with Crippen LogP contribution in [0.15, 0.2) is 51.8 Å². The van der Waals surface area contributed by atoms with Gasteiger partial charge in [0, 0.05) is 10.5 Å². The third kappa shape index (κ3) is 3.11. The summed E-state index contributed by atoms with van der Waals surface area (Å²) >= 11 is 3.29. The number of benzene rings is 2. The highest BCUT2D eigenvalue weighted by molar-refractivity contribution is 9.10. The highest BCUT2D eigenvalue weighted by atomic mass is 79.9. The van der Waals surface area contributed by atoms with Crippen LogP contribution in [0.5, 0.6) is 11.5 Å². The van der Waals surface area contributed by atoms with Crippen LogP contribution in [0, 0.1) is 0 Å².